The highest BCUT2D eigenvalue weighted by Crippen LogP contribution is 2.41. The molecule has 0 bridgehead atoms. The number of amides is 2. The SMILES string of the molecule is Cc1cc(C(=O)N2Cc3cc(-c4cnc5[nH]cc(C)c5c4)cc([C@@H]4CCCN4C(=O)OC(C)(C)C)c3C2)cc(C)n1. The van der Waals surface area contributed by atoms with Gasteiger partial charge in [0.05, 0.1) is 6.04 Å². The molecule has 6 rings (SSSR count). The molecule has 5 heterocycles. The van der Waals surface area contributed by atoms with Crippen molar-refractivity contribution in [2.45, 2.75) is 79.1 Å². The average Bonchev–Trinajstić information content (AvgIpc) is 3.64. The fourth-order valence-corrected chi connectivity index (χ4v) is 6.21. The summed E-state index contributed by atoms with van der Waals surface area (Å²) in [5.74, 6) is -0.0104. The third-order valence-electron chi connectivity index (χ3n) is 8.01. The third kappa shape index (κ3) is 5.19. The number of carbonyl (C=O) groups is 2. The Kier molecular flexibility index (Phi) is 6.59. The maximum Gasteiger partial charge on any atom is 0.410 e. The molecule has 0 spiro atoms. The summed E-state index contributed by atoms with van der Waals surface area (Å²) in [6, 6.07) is 10.1. The number of aromatic amines is 1. The van der Waals surface area contributed by atoms with E-state index in [-0.39, 0.29) is 18.0 Å². The molecule has 0 radical (unpaired) electrons. The van der Waals surface area contributed by atoms with Gasteiger partial charge in [0.1, 0.15) is 11.2 Å². The van der Waals surface area contributed by atoms with E-state index in [1.54, 1.807) is 0 Å². The quantitative estimate of drug-likeness (QED) is 0.303. The Labute approximate surface area is 240 Å². The van der Waals surface area contributed by atoms with Crippen molar-refractivity contribution in [2.75, 3.05) is 6.54 Å². The molecule has 1 atom stereocenters. The van der Waals surface area contributed by atoms with Crippen molar-refractivity contribution >= 4 is 23.0 Å². The number of H-pyrrole nitrogens is 1. The van der Waals surface area contributed by atoms with Gasteiger partial charge in [0, 0.05) is 59.9 Å². The predicted octanol–water partition coefficient (Wildman–Crippen LogP) is 6.78. The van der Waals surface area contributed by atoms with Crippen LogP contribution in [-0.2, 0) is 17.8 Å². The smallest absolute Gasteiger partial charge is 0.410 e. The van der Waals surface area contributed by atoms with Crippen molar-refractivity contribution in [3.8, 4) is 11.1 Å². The highest BCUT2D eigenvalue weighted by Gasteiger charge is 2.37. The van der Waals surface area contributed by atoms with E-state index in [1.165, 1.54) is 0 Å². The van der Waals surface area contributed by atoms with Gasteiger partial charge in [0.25, 0.3) is 5.91 Å². The summed E-state index contributed by atoms with van der Waals surface area (Å²) in [6.45, 7) is 13.2. The van der Waals surface area contributed by atoms with E-state index in [9.17, 15) is 9.59 Å². The molecular weight excluding hydrogens is 514 g/mol. The lowest BCUT2D eigenvalue weighted by atomic mass is 9.91. The largest absolute Gasteiger partial charge is 0.444 e. The van der Waals surface area contributed by atoms with Crippen molar-refractivity contribution in [1.29, 1.82) is 0 Å². The normalized spacial score (nSPS) is 16.9. The standard InChI is InChI=1S/C33H37N5O3/c1-19-15-34-30-26(19)14-24(16-35-30)22-12-25-17-37(31(39)23-10-20(2)36-21(3)11-23)18-28(25)27(13-22)29-8-7-9-38(29)32(40)41-33(4,5)6/h10-16,29H,7-9,17-18H2,1-6H3,(H,34,35)/t29-/m0/s1. The van der Waals surface area contributed by atoms with Crippen LogP contribution in [-0.4, -0.2) is 48.9 Å². The van der Waals surface area contributed by atoms with Crippen LogP contribution in [0.4, 0.5) is 4.79 Å². The number of pyridine rings is 2. The van der Waals surface area contributed by atoms with Crippen molar-refractivity contribution in [3.63, 3.8) is 0 Å². The van der Waals surface area contributed by atoms with Gasteiger partial charge in [-0.05, 0) is 113 Å². The van der Waals surface area contributed by atoms with E-state index in [0.29, 0.717) is 25.2 Å². The van der Waals surface area contributed by atoms with Crippen LogP contribution in [0.2, 0.25) is 0 Å². The molecule has 2 amide bonds. The van der Waals surface area contributed by atoms with Gasteiger partial charge in [-0.2, -0.15) is 0 Å². The van der Waals surface area contributed by atoms with Crippen LogP contribution >= 0.6 is 0 Å². The average molecular weight is 552 g/mol. The minimum atomic E-state index is -0.576. The van der Waals surface area contributed by atoms with E-state index < -0.39 is 5.60 Å². The summed E-state index contributed by atoms with van der Waals surface area (Å²) in [5, 5.41) is 1.08. The summed E-state index contributed by atoms with van der Waals surface area (Å²) in [6.07, 6.45) is 5.32. The summed E-state index contributed by atoms with van der Waals surface area (Å²) in [5.41, 5.74) is 9.10. The van der Waals surface area contributed by atoms with Crippen LogP contribution in [0, 0.1) is 20.8 Å². The monoisotopic (exact) mass is 551 g/mol. The second-order valence-corrected chi connectivity index (χ2v) is 12.4. The van der Waals surface area contributed by atoms with Crippen LogP contribution in [0.25, 0.3) is 22.2 Å². The van der Waals surface area contributed by atoms with Gasteiger partial charge in [0.15, 0.2) is 0 Å². The van der Waals surface area contributed by atoms with Gasteiger partial charge in [-0.25, -0.2) is 9.78 Å². The lowest BCUT2D eigenvalue weighted by Gasteiger charge is -2.30. The number of hydrogen-bond acceptors (Lipinski definition) is 5. The lowest BCUT2D eigenvalue weighted by molar-refractivity contribution is 0.0223. The topological polar surface area (TPSA) is 91.4 Å². The number of likely N-dealkylation sites (tertiary alicyclic amines) is 1. The van der Waals surface area contributed by atoms with Gasteiger partial charge < -0.3 is 19.5 Å². The Morgan fingerprint density at radius 2 is 1.76 bits per heavy atom. The zero-order valence-electron chi connectivity index (χ0n) is 24.7. The van der Waals surface area contributed by atoms with E-state index in [0.717, 1.165) is 68.6 Å². The number of aryl methyl sites for hydroxylation is 3. The first-order valence-corrected chi connectivity index (χ1v) is 14.3. The Morgan fingerprint density at radius 3 is 2.49 bits per heavy atom. The van der Waals surface area contributed by atoms with E-state index in [2.05, 4.69) is 40.1 Å². The summed E-state index contributed by atoms with van der Waals surface area (Å²) < 4.78 is 5.80. The predicted molar refractivity (Wildman–Crippen MR) is 158 cm³/mol. The van der Waals surface area contributed by atoms with Crippen LogP contribution < -0.4 is 0 Å². The molecule has 8 heteroatoms. The molecule has 1 saturated heterocycles. The number of rotatable bonds is 3. The molecule has 1 N–H and O–H groups in total. The van der Waals surface area contributed by atoms with Crippen molar-refractivity contribution in [3.05, 3.63) is 81.9 Å². The zero-order valence-corrected chi connectivity index (χ0v) is 24.7. The molecule has 212 valence electrons. The molecule has 8 nitrogen and oxygen atoms in total. The third-order valence-corrected chi connectivity index (χ3v) is 8.01. The van der Waals surface area contributed by atoms with Gasteiger partial charge in [-0.3, -0.25) is 9.78 Å². The molecule has 0 aliphatic carbocycles. The zero-order chi connectivity index (χ0) is 29.1. The first-order valence-electron chi connectivity index (χ1n) is 14.3. The Bertz CT molecular complexity index is 1660. The molecule has 4 aromatic rings. The van der Waals surface area contributed by atoms with Crippen molar-refractivity contribution < 1.29 is 14.3 Å². The number of hydrogen-bond donors (Lipinski definition) is 1. The van der Waals surface area contributed by atoms with Crippen molar-refractivity contribution in [1.82, 2.24) is 24.8 Å². The fraction of sp³-hybridized carbons (Fsp3) is 0.394. The number of aromatic nitrogens is 3. The van der Waals surface area contributed by atoms with Gasteiger partial charge >= 0.3 is 6.09 Å². The number of fused-ring (bicyclic) bond motifs is 2. The number of carbonyl (C=O) groups excluding carboxylic acids is 2. The summed E-state index contributed by atoms with van der Waals surface area (Å²) >= 11 is 0. The summed E-state index contributed by atoms with van der Waals surface area (Å²) in [7, 11) is 0. The maximum atomic E-state index is 13.7. The number of nitrogens with one attached hydrogen (secondary N) is 1. The van der Waals surface area contributed by atoms with Crippen LogP contribution in [0.3, 0.4) is 0 Å². The molecule has 1 fully saturated rings. The van der Waals surface area contributed by atoms with Gasteiger partial charge in [-0.15, -0.1) is 0 Å². The Morgan fingerprint density at radius 1 is 1.00 bits per heavy atom. The van der Waals surface area contributed by atoms with E-state index >= 15 is 0 Å². The molecule has 2 aliphatic heterocycles. The van der Waals surface area contributed by atoms with Crippen LogP contribution in [0.15, 0.2) is 42.7 Å². The molecule has 0 saturated carbocycles. The molecule has 1 aromatic carbocycles. The second-order valence-electron chi connectivity index (χ2n) is 12.4. The maximum absolute atomic E-state index is 13.7. The highest BCUT2D eigenvalue weighted by molar-refractivity contribution is 5.95. The van der Waals surface area contributed by atoms with Crippen molar-refractivity contribution in [2.24, 2.45) is 0 Å². The van der Waals surface area contributed by atoms with Crippen LogP contribution in [0.1, 0.15) is 83.7 Å². The molecule has 41 heavy (non-hydrogen) atoms. The van der Waals surface area contributed by atoms with Gasteiger partial charge in [-0.1, -0.05) is 0 Å². The minimum Gasteiger partial charge on any atom is -0.444 e. The number of nitrogens with zero attached hydrogens (tertiary/aromatic N) is 4. The highest BCUT2D eigenvalue weighted by atomic mass is 16.6. The number of benzene rings is 1. The van der Waals surface area contributed by atoms with E-state index in [1.807, 2.05) is 68.9 Å². The Balaban J connectivity index is 1.42. The molecule has 2 aliphatic rings. The first kappa shape index (κ1) is 27.0. The van der Waals surface area contributed by atoms with Crippen LogP contribution in [0.5, 0.6) is 0 Å². The summed E-state index contributed by atoms with van der Waals surface area (Å²) in [4.78, 5) is 43.1. The lowest BCUT2D eigenvalue weighted by Crippen LogP contribution is -2.36. The van der Waals surface area contributed by atoms with E-state index in [4.69, 9.17) is 4.74 Å². The van der Waals surface area contributed by atoms with Gasteiger partial charge in [0.2, 0.25) is 0 Å². The minimum absolute atomic E-state index is 0.0104. The molecular formula is C33H37N5O3. The first-order chi connectivity index (χ1) is 19.5. The second kappa shape index (κ2) is 10.0. The fourth-order valence-electron chi connectivity index (χ4n) is 6.21. The molecule has 3 aromatic heterocycles. The molecule has 0 unspecified atom stereocenters. The Hall–Kier alpha value is -4.20. The number of ether oxygens (including phenoxy) is 1.